The van der Waals surface area contributed by atoms with Gasteiger partial charge in [-0.25, -0.2) is 4.99 Å². The zero-order valence-electron chi connectivity index (χ0n) is 25.6. The second kappa shape index (κ2) is 12.3. The molecule has 220 valence electrons. The summed E-state index contributed by atoms with van der Waals surface area (Å²) in [6, 6.07) is 53.6. The molecular formula is C44H33NO. The normalized spacial score (nSPS) is 17.2. The number of hydrogen-bond donors (Lipinski definition) is 0. The molecule has 7 aromatic rings. The van der Waals surface area contributed by atoms with Crippen molar-refractivity contribution in [3.63, 3.8) is 0 Å². The molecule has 1 aliphatic heterocycles. The number of hydrogen-bond acceptors (Lipinski definition) is 2. The fourth-order valence-electron chi connectivity index (χ4n) is 6.39. The maximum absolute atomic E-state index is 6.06. The van der Waals surface area contributed by atoms with E-state index in [1.165, 1.54) is 33.4 Å². The Morgan fingerprint density at radius 3 is 1.78 bits per heavy atom. The number of nitrogens with zero attached hydrogens (tertiary/aromatic N) is 1. The first-order chi connectivity index (χ1) is 22.8. The predicted octanol–water partition coefficient (Wildman–Crippen LogP) is 12.0. The van der Waals surface area contributed by atoms with Gasteiger partial charge in [0, 0.05) is 16.3 Å². The van der Waals surface area contributed by atoms with Gasteiger partial charge >= 0.3 is 0 Å². The van der Waals surface area contributed by atoms with Crippen LogP contribution in [0.15, 0.2) is 173 Å². The molecule has 0 spiro atoms. The Balaban J connectivity index is 1.17. The highest BCUT2D eigenvalue weighted by molar-refractivity contribution is 6.14. The van der Waals surface area contributed by atoms with Crippen molar-refractivity contribution in [1.29, 1.82) is 0 Å². The first-order valence-electron chi connectivity index (χ1n) is 16.0. The fourth-order valence-corrected chi connectivity index (χ4v) is 6.39. The topological polar surface area (TPSA) is 25.5 Å². The van der Waals surface area contributed by atoms with Gasteiger partial charge in [0.15, 0.2) is 0 Å². The number of para-hydroxylation sites is 1. The number of rotatable bonds is 5. The van der Waals surface area contributed by atoms with Crippen LogP contribution in [0.3, 0.4) is 0 Å². The standard InChI is InChI=1S/C44H33NO/c1-3-11-31(12-4-1)32-23-25-36(26-24-32)42-30-37(15-7-9-17-41(45-42)35-13-5-2-6-14-35)33-19-21-34(22-20-33)38-27-28-44-40(29-38)39-16-8-10-18-43(39)46-44/h1-6,8,10-14,16-30H,7,9,15H2/b37-30+,41-17-,45-42+. The molecule has 1 aliphatic rings. The van der Waals surface area contributed by atoms with E-state index in [2.05, 4.69) is 152 Å². The number of aliphatic imine (C=N–C) groups is 1. The van der Waals surface area contributed by atoms with Crippen LogP contribution in [-0.2, 0) is 0 Å². The van der Waals surface area contributed by atoms with Crippen LogP contribution in [0, 0.1) is 0 Å². The van der Waals surface area contributed by atoms with Crippen LogP contribution < -0.4 is 0 Å². The van der Waals surface area contributed by atoms with E-state index in [1.54, 1.807) is 0 Å². The van der Waals surface area contributed by atoms with Crippen LogP contribution in [0.5, 0.6) is 0 Å². The molecule has 0 saturated heterocycles. The molecule has 0 saturated carbocycles. The smallest absolute Gasteiger partial charge is 0.135 e. The second-order valence-electron chi connectivity index (χ2n) is 11.8. The van der Waals surface area contributed by atoms with Gasteiger partial charge in [-0.2, -0.15) is 0 Å². The Bertz CT molecular complexity index is 2230. The molecule has 0 aliphatic carbocycles. The van der Waals surface area contributed by atoms with Crippen molar-refractivity contribution in [2.75, 3.05) is 0 Å². The maximum Gasteiger partial charge on any atom is 0.135 e. The largest absolute Gasteiger partial charge is 0.456 e. The summed E-state index contributed by atoms with van der Waals surface area (Å²) < 4.78 is 6.06. The van der Waals surface area contributed by atoms with Gasteiger partial charge in [-0.15, -0.1) is 0 Å². The van der Waals surface area contributed by atoms with Gasteiger partial charge in [-0.05, 0) is 82.5 Å². The molecule has 0 unspecified atom stereocenters. The van der Waals surface area contributed by atoms with Crippen LogP contribution in [0.4, 0.5) is 0 Å². The van der Waals surface area contributed by atoms with Crippen LogP contribution in [0.25, 0.3) is 55.5 Å². The van der Waals surface area contributed by atoms with Crippen LogP contribution in [-0.4, -0.2) is 5.71 Å². The van der Waals surface area contributed by atoms with E-state index in [9.17, 15) is 0 Å². The zero-order valence-corrected chi connectivity index (χ0v) is 25.6. The van der Waals surface area contributed by atoms with E-state index >= 15 is 0 Å². The average Bonchev–Trinajstić information content (AvgIpc) is 3.55. The van der Waals surface area contributed by atoms with Crippen molar-refractivity contribution in [3.05, 3.63) is 181 Å². The van der Waals surface area contributed by atoms with Crippen LogP contribution >= 0.6 is 0 Å². The summed E-state index contributed by atoms with van der Waals surface area (Å²) in [6.07, 6.45) is 7.61. The molecule has 6 aromatic carbocycles. The van der Waals surface area contributed by atoms with E-state index in [-0.39, 0.29) is 0 Å². The number of allylic oxidation sites excluding steroid dienone is 3. The third-order valence-electron chi connectivity index (χ3n) is 8.86. The third kappa shape index (κ3) is 5.62. The molecule has 8 rings (SSSR count). The lowest BCUT2D eigenvalue weighted by Gasteiger charge is -2.11. The van der Waals surface area contributed by atoms with Gasteiger partial charge in [-0.3, -0.25) is 0 Å². The number of benzene rings is 6. The van der Waals surface area contributed by atoms with E-state index in [0.29, 0.717) is 0 Å². The van der Waals surface area contributed by atoms with Gasteiger partial charge in [-0.1, -0.05) is 140 Å². The third-order valence-corrected chi connectivity index (χ3v) is 8.86. The highest BCUT2D eigenvalue weighted by Crippen LogP contribution is 2.34. The summed E-state index contributed by atoms with van der Waals surface area (Å²) in [5.74, 6) is 0. The SMILES string of the molecule is C1=C(c2ccccc2)/N=C(c2ccc(-c3ccccc3)cc2)\C=C(\c2ccc(-c3ccc4oc5ccccc5c4c3)cc2)CCC\1. The lowest BCUT2D eigenvalue weighted by molar-refractivity contribution is 0.669. The fraction of sp³-hybridized carbons (Fsp3) is 0.0682. The van der Waals surface area contributed by atoms with Gasteiger partial charge < -0.3 is 4.42 Å². The van der Waals surface area contributed by atoms with Crippen molar-refractivity contribution in [3.8, 4) is 22.3 Å². The molecule has 2 heteroatoms. The van der Waals surface area contributed by atoms with Gasteiger partial charge in [0.2, 0.25) is 0 Å². The van der Waals surface area contributed by atoms with Gasteiger partial charge in [0.1, 0.15) is 11.2 Å². The van der Waals surface area contributed by atoms with E-state index < -0.39 is 0 Å². The summed E-state index contributed by atoms with van der Waals surface area (Å²) in [4.78, 5) is 5.32. The zero-order chi connectivity index (χ0) is 30.7. The minimum Gasteiger partial charge on any atom is -0.456 e. The van der Waals surface area contributed by atoms with Crippen molar-refractivity contribution in [2.45, 2.75) is 19.3 Å². The predicted molar refractivity (Wildman–Crippen MR) is 194 cm³/mol. The van der Waals surface area contributed by atoms with Crippen molar-refractivity contribution in [2.24, 2.45) is 4.99 Å². The molecular weight excluding hydrogens is 558 g/mol. The molecule has 0 atom stereocenters. The molecule has 0 radical (unpaired) electrons. The van der Waals surface area contributed by atoms with Gasteiger partial charge in [0.25, 0.3) is 0 Å². The number of furan rings is 1. The molecule has 0 N–H and O–H groups in total. The Morgan fingerprint density at radius 1 is 0.457 bits per heavy atom. The van der Waals surface area contributed by atoms with Crippen LogP contribution in [0.2, 0.25) is 0 Å². The lowest BCUT2D eigenvalue weighted by Crippen LogP contribution is -2.00. The summed E-state index contributed by atoms with van der Waals surface area (Å²) in [5, 5.41) is 2.30. The quantitative estimate of drug-likeness (QED) is 0.195. The minimum absolute atomic E-state index is 0.921. The summed E-state index contributed by atoms with van der Waals surface area (Å²) in [5.41, 5.74) is 13.4. The summed E-state index contributed by atoms with van der Waals surface area (Å²) in [7, 11) is 0. The van der Waals surface area contributed by atoms with E-state index in [4.69, 9.17) is 9.41 Å². The molecule has 0 fully saturated rings. The first kappa shape index (κ1) is 27.8. The first-order valence-corrected chi connectivity index (χ1v) is 16.0. The molecule has 2 nitrogen and oxygen atoms in total. The van der Waals surface area contributed by atoms with E-state index in [0.717, 1.165) is 63.7 Å². The second-order valence-corrected chi connectivity index (χ2v) is 11.8. The summed E-state index contributed by atoms with van der Waals surface area (Å²) in [6.45, 7) is 0. The molecule has 0 bridgehead atoms. The minimum atomic E-state index is 0.921. The monoisotopic (exact) mass is 591 g/mol. The van der Waals surface area contributed by atoms with E-state index in [1.807, 2.05) is 12.1 Å². The van der Waals surface area contributed by atoms with Crippen molar-refractivity contribution in [1.82, 2.24) is 0 Å². The Kier molecular flexibility index (Phi) is 7.46. The highest BCUT2D eigenvalue weighted by atomic mass is 16.3. The average molecular weight is 592 g/mol. The molecule has 46 heavy (non-hydrogen) atoms. The Morgan fingerprint density at radius 2 is 1.02 bits per heavy atom. The van der Waals surface area contributed by atoms with Crippen molar-refractivity contribution >= 4 is 38.9 Å². The lowest BCUT2D eigenvalue weighted by atomic mass is 9.94. The molecule has 1 aromatic heterocycles. The number of fused-ring (bicyclic) bond motifs is 3. The molecule has 0 amide bonds. The maximum atomic E-state index is 6.06. The van der Waals surface area contributed by atoms with Gasteiger partial charge in [0.05, 0.1) is 11.4 Å². The highest BCUT2D eigenvalue weighted by Gasteiger charge is 2.13. The Labute approximate surface area is 269 Å². The summed E-state index contributed by atoms with van der Waals surface area (Å²) >= 11 is 0. The van der Waals surface area contributed by atoms with Crippen molar-refractivity contribution < 1.29 is 4.42 Å². The van der Waals surface area contributed by atoms with Crippen LogP contribution in [0.1, 0.15) is 36.0 Å². The molecule has 2 heterocycles. The Hall–Kier alpha value is -5.73.